The Balaban J connectivity index is 1.76. The summed E-state index contributed by atoms with van der Waals surface area (Å²) in [6.07, 6.45) is 3.15. The monoisotopic (exact) mass is 349 g/mol. The van der Waals surface area contributed by atoms with E-state index >= 15 is 0 Å². The predicted octanol–water partition coefficient (Wildman–Crippen LogP) is 1.71. The minimum absolute atomic E-state index is 0.103. The molecular formula is C17H23N3O3S. The topological polar surface area (TPSA) is 64.4 Å². The number of benzene rings is 1. The highest BCUT2D eigenvalue weighted by molar-refractivity contribution is 7.90. The zero-order valence-electron chi connectivity index (χ0n) is 14.1. The summed E-state index contributed by atoms with van der Waals surface area (Å²) in [6.45, 7) is 5.82. The fourth-order valence-corrected chi connectivity index (χ4v) is 3.68. The van der Waals surface area contributed by atoms with Gasteiger partial charge in [-0.05, 0) is 30.7 Å². The number of hydrogen-bond acceptors (Lipinski definition) is 5. The Morgan fingerprint density at radius 1 is 1.21 bits per heavy atom. The van der Waals surface area contributed by atoms with Crippen molar-refractivity contribution in [2.75, 3.05) is 19.4 Å². The zero-order chi connectivity index (χ0) is 17.2. The smallest absolute Gasteiger partial charge is 0.175 e. The van der Waals surface area contributed by atoms with Crippen LogP contribution in [0, 0.1) is 0 Å². The fraction of sp³-hybridized carbons (Fsp3) is 0.471. The number of rotatable bonds is 5. The van der Waals surface area contributed by atoms with Crippen LogP contribution in [-0.4, -0.2) is 48.6 Å². The van der Waals surface area contributed by atoms with Gasteiger partial charge in [-0.2, -0.15) is 5.10 Å². The molecule has 0 N–H and O–H groups in total. The van der Waals surface area contributed by atoms with Crippen molar-refractivity contribution in [3.05, 3.63) is 47.8 Å². The first-order valence-electron chi connectivity index (χ1n) is 8.09. The van der Waals surface area contributed by atoms with E-state index in [-0.39, 0.29) is 6.10 Å². The van der Waals surface area contributed by atoms with Crippen molar-refractivity contribution in [2.24, 2.45) is 0 Å². The molecule has 2 aromatic rings. The van der Waals surface area contributed by atoms with Gasteiger partial charge in [0, 0.05) is 38.7 Å². The van der Waals surface area contributed by atoms with Crippen molar-refractivity contribution in [3.63, 3.8) is 0 Å². The maximum Gasteiger partial charge on any atom is 0.175 e. The summed E-state index contributed by atoms with van der Waals surface area (Å²) in [5.41, 5.74) is 2.26. The van der Waals surface area contributed by atoms with Crippen LogP contribution in [0.1, 0.15) is 18.2 Å². The molecule has 1 aliphatic rings. The van der Waals surface area contributed by atoms with Gasteiger partial charge in [0.05, 0.1) is 23.2 Å². The van der Waals surface area contributed by atoms with Crippen LogP contribution in [0.15, 0.2) is 41.4 Å². The van der Waals surface area contributed by atoms with E-state index in [1.54, 1.807) is 12.1 Å². The van der Waals surface area contributed by atoms with E-state index in [2.05, 4.69) is 10.00 Å². The Labute approximate surface area is 143 Å². The lowest BCUT2D eigenvalue weighted by Crippen LogP contribution is -2.32. The first kappa shape index (κ1) is 17.1. The van der Waals surface area contributed by atoms with Crippen molar-refractivity contribution in [1.82, 2.24) is 14.7 Å². The highest BCUT2D eigenvalue weighted by Gasteiger charge is 2.22. The van der Waals surface area contributed by atoms with Crippen LogP contribution in [-0.2, 0) is 34.2 Å². The first-order chi connectivity index (χ1) is 11.5. The first-order valence-corrected chi connectivity index (χ1v) is 9.98. The lowest BCUT2D eigenvalue weighted by molar-refractivity contribution is 0.0252. The van der Waals surface area contributed by atoms with Crippen LogP contribution in [0.2, 0.25) is 0 Å². The Morgan fingerprint density at radius 2 is 1.96 bits per heavy atom. The van der Waals surface area contributed by atoms with Crippen LogP contribution in [0.5, 0.6) is 0 Å². The van der Waals surface area contributed by atoms with Crippen molar-refractivity contribution < 1.29 is 13.2 Å². The molecular weight excluding hydrogens is 326 g/mol. The highest BCUT2D eigenvalue weighted by Crippen LogP contribution is 2.18. The number of aromatic nitrogens is 2. The quantitative estimate of drug-likeness (QED) is 0.822. The third-order valence-corrected chi connectivity index (χ3v) is 5.32. The summed E-state index contributed by atoms with van der Waals surface area (Å²) in [5.74, 6) is 0. The van der Waals surface area contributed by atoms with Crippen LogP contribution in [0.25, 0.3) is 0 Å². The van der Waals surface area contributed by atoms with Crippen LogP contribution in [0.4, 0.5) is 0 Å². The van der Waals surface area contributed by atoms with Crippen LogP contribution >= 0.6 is 0 Å². The van der Waals surface area contributed by atoms with Gasteiger partial charge in [0.25, 0.3) is 0 Å². The van der Waals surface area contributed by atoms with Gasteiger partial charge < -0.3 is 4.74 Å². The summed E-state index contributed by atoms with van der Waals surface area (Å²) in [4.78, 5) is 2.67. The number of ether oxygens (including phenoxy) is 1. The SMILES string of the molecule is CCO[C@@H]1CN(Cc2ccc(S(C)(=O)=O)cc2)Cc2ccnn2C1. The van der Waals surface area contributed by atoms with Gasteiger partial charge in [0.1, 0.15) is 0 Å². The summed E-state index contributed by atoms with van der Waals surface area (Å²) in [7, 11) is -3.15. The van der Waals surface area contributed by atoms with E-state index in [1.807, 2.05) is 36.0 Å². The average molecular weight is 349 g/mol. The highest BCUT2D eigenvalue weighted by atomic mass is 32.2. The molecule has 1 aromatic heterocycles. The molecule has 0 saturated heterocycles. The molecule has 24 heavy (non-hydrogen) atoms. The van der Waals surface area contributed by atoms with E-state index in [0.717, 1.165) is 31.7 Å². The minimum Gasteiger partial charge on any atom is -0.375 e. The van der Waals surface area contributed by atoms with Gasteiger partial charge >= 0.3 is 0 Å². The second-order valence-electron chi connectivity index (χ2n) is 6.17. The van der Waals surface area contributed by atoms with Gasteiger partial charge in [0.15, 0.2) is 9.84 Å². The van der Waals surface area contributed by atoms with E-state index in [0.29, 0.717) is 11.5 Å². The molecule has 6 nitrogen and oxygen atoms in total. The van der Waals surface area contributed by atoms with E-state index in [9.17, 15) is 8.42 Å². The largest absolute Gasteiger partial charge is 0.375 e. The Morgan fingerprint density at radius 3 is 2.62 bits per heavy atom. The maximum atomic E-state index is 11.6. The molecule has 1 aromatic carbocycles. The minimum atomic E-state index is -3.15. The van der Waals surface area contributed by atoms with Crippen molar-refractivity contribution in [2.45, 2.75) is 37.6 Å². The number of hydrogen-bond donors (Lipinski definition) is 0. The Bertz CT molecular complexity index is 784. The third kappa shape index (κ3) is 4.03. The molecule has 0 radical (unpaired) electrons. The fourth-order valence-electron chi connectivity index (χ4n) is 3.05. The lowest BCUT2D eigenvalue weighted by Gasteiger charge is -2.23. The molecule has 3 rings (SSSR count). The van der Waals surface area contributed by atoms with Gasteiger partial charge in [-0.15, -0.1) is 0 Å². The molecule has 0 amide bonds. The Kier molecular flexibility index (Phi) is 5.03. The molecule has 0 bridgehead atoms. The van der Waals surface area contributed by atoms with Crippen molar-refractivity contribution >= 4 is 9.84 Å². The lowest BCUT2D eigenvalue weighted by atomic mass is 10.2. The standard InChI is InChI=1S/C17H23N3O3S/c1-3-23-16-12-19(11-15-8-9-18-20(15)13-16)10-14-4-6-17(7-5-14)24(2,21)22/h4-9,16H,3,10-13H2,1-2H3/t16-/m1/s1. The molecule has 0 saturated carbocycles. The summed E-state index contributed by atoms with van der Waals surface area (Å²) in [5, 5.41) is 4.37. The average Bonchev–Trinajstić information content (AvgIpc) is 2.87. The van der Waals surface area contributed by atoms with Gasteiger partial charge in [-0.25, -0.2) is 8.42 Å². The molecule has 130 valence electrons. The van der Waals surface area contributed by atoms with Gasteiger partial charge in [-0.1, -0.05) is 12.1 Å². The molecule has 7 heteroatoms. The third-order valence-electron chi connectivity index (χ3n) is 4.19. The molecule has 2 heterocycles. The summed E-state index contributed by atoms with van der Waals surface area (Å²) < 4.78 is 31.0. The molecule has 1 atom stereocenters. The number of sulfone groups is 1. The van der Waals surface area contributed by atoms with Crippen LogP contribution < -0.4 is 0 Å². The molecule has 0 unspecified atom stereocenters. The molecule has 0 fully saturated rings. The van der Waals surface area contributed by atoms with Crippen molar-refractivity contribution in [1.29, 1.82) is 0 Å². The molecule has 0 spiro atoms. The van der Waals surface area contributed by atoms with Crippen molar-refractivity contribution in [3.8, 4) is 0 Å². The van der Waals surface area contributed by atoms with Gasteiger partial charge in [0.2, 0.25) is 0 Å². The molecule has 0 aliphatic carbocycles. The van der Waals surface area contributed by atoms with E-state index in [4.69, 9.17) is 4.74 Å². The maximum absolute atomic E-state index is 11.6. The summed E-state index contributed by atoms with van der Waals surface area (Å²) >= 11 is 0. The van der Waals surface area contributed by atoms with E-state index < -0.39 is 9.84 Å². The summed E-state index contributed by atoms with van der Waals surface area (Å²) in [6, 6.07) is 9.15. The Hall–Kier alpha value is -1.70. The second-order valence-corrected chi connectivity index (χ2v) is 8.18. The van der Waals surface area contributed by atoms with Crippen LogP contribution in [0.3, 0.4) is 0 Å². The van der Waals surface area contributed by atoms with Gasteiger partial charge in [-0.3, -0.25) is 9.58 Å². The number of nitrogens with zero attached hydrogens (tertiary/aromatic N) is 3. The second kappa shape index (κ2) is 7.04. The predicted molar refractivity (Wildman–Crippen MR) is 91.3 cm³/mol. The zero-order valence-corrected chi connectivity index (χ0v) is 14.9. The number of fused-ring (bicyclic) bond motifs is 1. The molecule has 1 aliphatic heterocycles. The normalized spacial score (nSPS) is 19.0. The van der Waals surface area contributed by atoms with E-state index in [1.165, 1.54) is 11.9 Å².